The second kappa shape index (κ2) is 11.3. The molecule has 0 heterocycles. The number of nitrogens with zero attached hydrogens (tertiary/aromatic N) is 4. The van der Waals surface area contributed by atoms with E-state index in [0.29, 0.717) is 28.4 Å². The zero-order valence-corrected chi connectivity index (χ0v) is 15.3. The number of ether oxygens (including phenoxy) is 1. The fourth-order valence-corrected chi connectivity index (χ4v) is 2.60. The number of benzene rings is 1. The molecule has 1 aromatic carbocycles. The van der Waals surface area contributed by atoms with Crippen molar-refractivity contribution in [1.29, 1.82) is 10.5 Å². The Morgan fingerprint density at radius 2 is 1.54 bits per heavy atom. The van der Waals surface area contributed by atoms with Crippen LogP contribution in [0.2, 0.25) is 0 Å². The third kappa shape index (κ3) is 5.66. The Balaban J connectivity index is 3.19. The Labute approximate surface area is 155 Å². The maximum atomic E-state index is 9.20. The lowest BCUT2D eigenvalue weighted by Crippen LogP contribution is -2.20. The minimum Gasteiger partial charge on any atom is -0.494 e. The zero-order chi connectivity index (χ0) is 19.4. The van der Waals surface area contributed by atoms with Gasteiger partial charge in [-0.1, -0.05) is 50.7 Å². The van der Waals surface area contributed by atoms with Gasteiger partial charge in [-0.3, -0.25) is 0 Å². The highest BCUT2D eigenvalue weighted by atomic mass is 16.5. The Hall–Kier alpha value is -3.28. The standard InChI is InChI=1S/C21H22N4O/c1-5-6-7-8-9-10-11-26-21-13-17(19(14-22)24-3)16(2)12-18(21)20(15-23)25-4/h12-13H,5-11H2,1-2H3/b19-17-,20-18+. The topological polar surface area (TPSA) is 65.5 Å². The van der Waals surface area contributed by atoms with Crippen LogP contribution in [0.5, 0.6) is 5.75 Å². The first-order valence-corrected chi connectivity index (χ1v) is 8.70. The molecule has 0 aliphatic carbocycles. The largest absolute Gasteiger partial charge is 0.494 e. The number of hydrogen-bond acceptors (Lipinski definition) is 3. The minimum absolute atomic E-state index is 0.0280. The molecule has 0 aliphatic rings. The summed E-state index contributed by atoms with van der Waals surface area (Å²) in [5.41, 5.74) is 0.578. The molecule has 0 aliphatic heterocycles. The van der Waals surface area contributed by atoms with Crippen LogP contribution in [0.4, 0.5) is 0 Å². The van der Waals surface area contributed by atoms with Gasteiger partial charge in [-0.15, -0.1) is 0 Å². The molecule has 0 unspecified atom stereocenters. The zero-order valence-electron chi connectivity index (χ0n) is 15.3. The lowest BCUT2D eigenvalue weighted by Gasteiger charge is -2.09. The molecular formula is C21H22N4O. The average molecular weight is 346 g/mol. The molecule has 132 valence electrons. The molecule has 5 heteroatoms. The first kappa shape index (κ1) is 20.8. The van der Waals surface area contributed by atoms with Gasteiger partial charge in [0, 0.05) is 5.22 Å². The summed E-state index contributed by atoms with van der Waals surface area (Å²) in [5, 5.41) is 19.2. The van der Waals surface area contributed by atoms with E-state index in [4.69, 9.17) is 23.1 Å². The summed E-state index contributed by atoms with van der Waals surface area (Å²) in [6.45, 7) is 18.7. The van der Waals surface area contributed by atoms with Gasteiger partial charge in [-0.05, 0) is 24.6 Å². The van der Waals surface area contributed by atoms with Crippen molar-refractivity contribution < 1.29 is 4.74 Å². The number of nitriles is 2. The Kier molecular flexibility index (Phi) is 9.03. The van der Waals surface area contributed by atoms with Crippen LogP contribution in [0.25, 0.3) is 21.1 Å². The number of aryl methyl sites for hydroxylation is 1. The average Bonchev–Trinajstić information content (AvgIpc) is 2.65. The monoisotopic (exact) mass is 346 g/mol. The van der Waals surface area contributed by atoms with Crippen LogP contribution in [0.3, 0.4) is 0 Å². The molecule has 0 atom stereocenters. The molecule has 0 amide bonds. The smallest absolute Gasteiger partial charge is 0.272 e. The van der Waals surface area contributed by atoms with E-state index < -0.39 is 0 Å². The highest BCUT2D eigenvalue weighted by Gasteiger charge is 2.08. The van der Waals surface area contributed by atoms with E-state index in [-0.39, 0.29) is 11.4 Å². The molecule has 0 aromatic heterocycles. The van der Waals surface area contributed by atoms with Crippen molar-refractivity contribution in [2.75, 3.05) is 6.61 Å². The summed E-state index contributed by atoms with van der Waals surface area (Å²) >= 11 is 0. The Bertz CT molecular complexity index is 885. The van der Waals surface area contributed by atoms with E-state index in [1.54, 1.807) is 19.1 Å². The van der Waals surface area contributed by atoms with E-state index in [9.17, 15) is 5.26 Å². The second-order valence-corrected chi connectivity index (χ2v) is 5.92. The SMILES string of the molecule is [C-]#[N+]/C(C#N)=c1/cc(OCCCCCCCC)/c(=C(\C#N)[N+]#[C-])cc1C. The van der Waals surface area contributed by atoms with Gasteiger partial charge >= 0.3 is 0 Å². The van der Waals surface area contributed by atoms with Gasteiger partial charge in [0.1, 0.15) is 5.75 Å². The van der Waals surface area contributed by atoms with Crippen LogP contribution >= 0.6 is 0 Å². The van der Waals surface area contributed by atoms with Crippen molar-refractivity contribution in [2.45, 2.75) is 52.4 Å². The third-order valence-electron chi connectivity index (χ3n) is 4.03. The molecule has 1 aromatic rings. The summed E-state index contributed by atoms with van der Waals surface area (Å²) in [6, 6.07) is 7.01. The number of rotatable bonds is 8. The van der Waals surface area contributed by atoms with Crippen molar-refractivity contribution in [3.05, 3.63) is 51.0 Å². The highest BCUT2D eigenvalue weighted by Crippen LogP contribution is 2.10. The van der Waals surface area contributed by atoms with Gasteiger partial charge in [-0.2, -0.15) is 0 Å². The van der Waals surface area contributed by atoms with Gasteiger partial charge in [0.15, 0.2) is 0 Å². The molecule has 0 bridgehead atoms. The maximum Gasteiger partial charge on any atom is 0.272 e. The summed E-state index contributed by atoms with van der Waals surface area (Å²) in [5.74, 6) is 0.378. The summed E-state index contributed by atoms with van der Waals surface area (Å²) < 4.78 is 5.82. The van der Waals surface area contributed by atoms with Gasteiger partial charge in [0.05, 0.1) is 31.9 Å². The number of hydrogen-bond donors (Lipinski definition) is 0. The van der Waals surface area contributed by atoms with Crippen molar-refractivity contribution >= 4 is 11.4 Å². The molecular weight excluding hydrogens is 324 g/mol. The first-order chi connectivity index (χ1) is 12.6. The molecule has 5 nitrogen and oxygen atoms in total. The van der Waals surface area contributed by atoms with Crippen LogP contribution < -0.4 is 15.2 Å². The van der Waals surface area contributed by atoms with Crippen LogP contribution in [0.1, 0.15) is 51.0 Å². The lowest BCUT2D eigenvalue weighted by atomic mass is 10.1. The summed E-state index contributed by atoms with van der Waals surface area (Å²) in [6.07, 6.45) is 6.75. The van der Waals surface area contributed by atoms with E-state index in [1.165, 1.54) is 19.3 Å². The lowest BCUT2D eigenvalue weighted by molar-refractivity contribution is 0.302. The second-order valence-electron chi connectivity index (χ2n) is 5.92. The third-order valence-corrected chi connectivity index (χ3v) is 4.03. The molecule has 0 radical (unpaired) electrons. The van der Waals surface area contributed by atoms with E-state index >= 15 is 0 Å². The van der Waals surface area contributed by atoms with Gasteiger partial charge in [0.25, 0.3) is 11.4 Å². The maximum absolute atomic E-state index is 9.20. The van der Waals surface area contributed by atoms with Crippen LogP contribution in [-0.4, -0.2) is 6.61 Å². The quantitative estimate of drug-likeness (QED) is 0.531. The highest BCUT2D eigenvalue weighted by molar-refractivity contribution is 5.70. The fraction of sp³-hybridized carbons (Fsp3) is 0.429. The molecule has 0 N–H and O–H groups in total. The van der Waals surface area contributed by atoms with Crippen molar-refractivity contribution in [3.8, 4) is 17.9 Å². The molecule has 0 saturated carbocycles. The van der Waals surface area contributed by atoms with Gasteiger partial charge < -0.3 is 4.74 Å². The van der Waals surface area contributed by atoms with E-state index in [2.05, 4.69) is 16.6 Å². The minimum atomic E-state index is -0.0566. The predicted molar refractivity (Wildman–Crippen MR) is 101 cm³/mol. The van der Waals surface area contributed by atoms with Crippen LogP contribution in [0, 0.1) is 42.7 Å². The normalized spacial score (nSPS) is 12.1. The molecule has 0 saturated heterocycles. The Morgan fingerprint density at radius 3 is 2.12 bits per heavy atom. The van der Waals surface area contributed by atoms with Crippen molar-refractivity contribution in [2.24, 2.45) is 0 Å². The molecule has 0 spiro atoms. The van der Waals surface area contributed by atoms with Gasteiger partial charge in [-0.25, -0.2) is 20.2 Å². The molecule has 26 heavy (non-hydrogen) atoms. The van der Waals surface area contributed by atoms with Crippen LogP contribution in [-0.2, 0) is 0 Å². The molecule has 1 rings (SSSR count). The predicted octanol–water partition coefficient (Wildman–Crippen LogP) is 3.84. The number of unbranched alkanes of at least 4 members (excludes halogenated alkanes) is 5. The summed E-state index contributed by atoms with van der Waals surface area (Å²) in [4.78, 5) is 6.51. The molecule has 0 fully saturated rings. The van der Waals surface area contributed by atoms with E-state index in [1.807, 2.05) is 12.1 Å². The Morgan fingerprint density at radius 1 is 0.962 bits per heavy atom. The van der Waals surface area contributed by atoms with Crippen LogP contribution in [0.15, 0.2) is 12.1 Å². The summed E-state index contributed by atoms with van der Waals surface area (Å²) in [7, 11) is 0. The first-order valence-electron chi connectivity index (χ1n) is 8.70. The van der Waals surface area contributed by atoms with Gasteiger partial charge in [0.2, 0.25) is 0 Å². The van der Waals surface area contributed by atoms with E-state index in [0.717, 1.165) is 19.3 Å². The van der Waals surface area contributed by atoms with Crippen molar-refractivity contribution in [1.82, 2.24) is 0 Å². The van der Waals surface area contributed by atoms with Crippen molar-refractivity contribution in [3.63, 3.8) is 0 Å². The fourth-order valence-electron chi connectivity index (χ4n) is 2.60.